The molecule has 0 aliphatic heterocycles. The first-order chi connectivity index (χ1) is 10.2. The molecule has 106 valence electrons. The highest BCUT2D eigenvalue weighted by molar-refractivity contribution is 7.98. The summed E-state index contributed by atoms with van der Waals surface area (Å²) >= 11 is 1.73. The first-order valence-corrected chi connectivity index (χ1v) is 7.71. The minimum Gasteiger partial charge on any atom is -0.399 e. The number of nitrogen functional groups attached to an aromatic ring is 1. The smallest absolute Gasteiger partial charge is 0.147 e. The van der Waals surface area contributed by atoms with E-state index in [1.54, 1.807) is 11.8 Å². The van der Waals surface area contributed by atoms with Crippen molar-refractivity contribution < 1.29 is 4.52 Å². The molecule has 0 aliphatic carbocycles. The number of nitrogens with zero attached hydrogens (tertiary/aromatic N) is 1. The molecule has 0 atom stereocenters. The van der Waals surface area contributed by atoms with Gasteiger partial charge in [0.2, 0.25) is 0 Å². The van der Waals surface area contributed by atoms with E-state index in [-0.39, 0.29) is 0 Å². The first-order valence-electron chi connectivity index (χ1n) is 6.72. The maximum atomic E-state index is 5.76. The number of nitrogens with two attached hydrogens (primary N) is 1. The third-order valence-electron chi connectivity index (χ3n) is 3.20. The topological polar surface area (TPSA) is 52.0 Å². The molecule has 0 unspecified atom stereocenters. The van der Waals surface area contributed by atoms with Gasteiger partial charge < -0.3 is 10.3 Å². The second-order valence-electron chi connectivity index (χ2n) is 4.86. The highest BCUT2D eigenvalue weighted by Crippen LogP contribution is 2.28. The zero-order valence-corrected chi connectivity index (χ0v) is 12.6. The van der Waals surface area contributed by atoms with Crippen molar-refractivity contribution in [1.29, 1.82) is 0 Å². The zero-order valence-electron chi connectivity index (χ0n) is 11.7. The summed E-state index contributed by atoms with van der Waals surface area (Å²) < 4.78 is 5.41. The number of hydrogen-bond acceptors (Lipinski definition) is 4. The van der Waals surface area contributed by atoms with Crippen LogP contribution in [0.4, 0.5) is 5.69 Å². The van der Waals surface area contributed by atoms with Gasteiger partial charge in [-0.15, -0.1) is 11.8 Å². The van der Waals surface area contributed by atoms with Gasteiger partial charge >= 0.3 is 0 Å². The van der Waals surface area contributed by atoms with Crippen molar-refractivity contribution in [2.75, 3.05) is 5.73 Å². The van der Waals surface area contributed by atoms with Crippen LogP contribution in [-0.2, 0) is 5.75 Å². The molecule has 0 fully saturated rings. The molecule has 4 heteroatoms. The Bertz CT molecular complexity index is 738. The molecule has 3 aromatic rings. The fourth-order valence-corrected chi connectivity index (χ4v) is 2.99. The van der Waals surface area contributed by atoms with E-state index < -0.39 is 0 Å². The molecule has 2 N–H and O–H groups in total. The van der Waals surface area contributed by atoms with E-state index >= 15 is 0 Å². The molecule has 0 aliphatic rings. The first kappa shape index (κ1) is 13.8. The Balaban J connectivity index is 1.70. The highest BCUT2D eigenvalue weighted by Gasteiger charge is 2.07. The van der Waals surface area contributed by atoms with Gasteiger partial charge in [-0.2, -0.15) is 0 Å². The van der Waals surface area contributed by atoms with Gasteiger partial charge in [0.15, 0.2) is 0 Å². The summed E-state index contributed by atoms with van der Waals surface area (Å²) in [5.74, 6) is 1.62. The van der Waals surface area contributed by atoms with Crippen LogP contribution in [0.15, 0.2) is 64.0 Å². The lowest BCUT2D eigenvalue weighted by Crippen LogP contribution is -1.87. The van der Waals surface area contributed by atoms with Crippen LogP contribution >= 0.6 is 11.8 Å². The van der Waals surface area contributed by atoms with Gasteiger partial charge in [0.25, 0.3) is 0 Å². The lowest BCUT2D eigenvalue weighted by molar-refractivity contribution is 0.397. The second kappa shape index (κ2) is 6.06. The molecule has 0 saturated carbocycles. The summed E-state index contributed by atoms with van der Waals surface area (Å²) in [4.78, 5) is 1.21. The molecule has 21 heavy (non-hydrogen) atoms. The summed E-state index contributed by atoms with van der Waals surface area (Å²) in [5.41, 5.74) is 9.69. The van der Waals surface area contributed by atoms with Crippen molar-refractivity contribution in [3.63, 3.8) is 0 Å². The summed E-state index contributed by atoms with van der Waals surface area (Å²) in [6.07, 6.45) is 0. The maximum absolute atomic E-state index is 5.76. The van der Waals surface area contributed by atoms with Gasteiger partial charge in [0.1, 0.15) is 11.5 Å². The van der Waals surface area contributed by atoms with Gasteiger partial charge in [-0.3, -0.25) is 0 Å². The summed E-state index contributed by atoms with van der Waals surface area (Å²) in [6, 6.07) is 18.0. The minimum absolute atomic E-state index is 0.755. The average Bonchev–Trinajstić information content (AvgIpc) is 2.96. The number of aryl methyl sites for hydroxylation is 1. The van der Waals surface area contributed by atoms with E-state index in [4.69, 9.17) is 10.3 Å². The van der Waals surface area contributed by atoms with Gasteiger partial charge in [-0.05, 0) is 30.7 Å². The molecule has 1 aromatic heterocycles. The molecule has 3 rings (SSSR count). The summed E-state index contributed by atoms with van der Waals surface area (Å²) in [5, 5.41) is 4.13. The molecule has 0 radical (unpaired) electrons. The Hall–Kier alpha value is -2.20. The standard InChI is InChI=1S/C17H16N2OS/c1-12-9-14(18)7-8-17(12)21-11-15-10-16(19-20-15)13-5-3-2-4-6-13/h2-10H,11,18H2,1H3. The van der Waals surface area contributed by atoms with Crippen LogP contribution in [0, 0.1) is 6.92 Å². The molecule has 1 heterocycles. The SMILES string of the molecule is Cc1cc(N)ccc1SCc1cc(-c2ccccc2)no1. The number of hydrogen-bond donors (Lipinski definition) is 1. The molecule has 0 bridgehead atoms. The Morgan fingerprint density at radius 3 is 2.67 bits per heavy atom. The Labute approximate surface area is 128 Å². The second-order valence-corrected chi connectivity index (χ2v) is 5.88. The Morgan fingerprint density at radius 1 is 1.10 bits per heavy atom. The highest BCUT2D eigenvalue weighted by atomic mass is 32.2. The third-order valence-corrected chi connectivity index (χ3v) is 4.40. The molecule has 0 amide bonds. The van der Waals surface area contributed by atoms with E-state index in [2.05, 4.69) is 12.1 Å². The van der Waals surface area contributed by atoms with E-state index in [9.17, 15) is 0 Å². The fraction of sp³-hybridized carbons (Fsp3) is 0.118. The van der Waals surface area contributed by atoms with Crippen molar-refractivity contribution in [3.05, 3.63) is 65.9 Å². The van der Waals surface area contributed by atoms with Crippen molar-refractivity contribution >= 4 is 17.4 Å². The van der Waals surface area contributed by atoms with E-state index in [0.717, 1.165) is 28.5 Å². The lowest BCUT2D eigenvalue weighted by atomic mass is 10.1. The molecular weight excluding hydrogens is 280 g/mol. The summed E-state index contributed by atoms with van der Waals surface area (Å²) in [6.45, 7) is 2.06. The largest absolute Gasteiger partial charge is 0.399 e. The van der Waals surface area contributed by atoms with Crippen molar-refractivity contribution in [1.82, 2.24) is 5.16 Å². The number of aromatic nitrogens is 1. The number of benzene rings is 2. The minimum atomic E-state index is 0.755. The van der Waals surface area contributed by atoms with Crippen molar-refractivity contribution in [3.8, 4) is 11.3 Å². The van der Waals surface area contributed by atoms with Crippen LogP contribution in [0.3, 0.4) is 0 Å². The molecule has 2 aromatic carbocycles. The van der Waals surface area contributed by atoms with E-state index in [1.807, 2.05) is 54.6 Å². The quantitative estimate of drug-likeness (QED) is 0.568. The normalized spacial score (nSPS) is 10.7. The van der Waals surface area contributed by atoms with Crippen LogP contribution in [-0.4, -0.2) is 5.16 Å². The predicted octanol–water partition coefficient (Wildman–Crippen LogP) is 4.52. The number of thioether (sulfide) groups is 1. The number of anilines is 1. The van der Waals surface area contributed by atoms with Gasteiger partial charge in [-0.1, -0.05) is 35.5 Å². The maximum Gasteiger partial charge on any atom is 0.147 e. The predicted molar refractivity (Wildman–Crippen MR) is 87.1 cm³/mol. The van der Waals surface area contributed by atoms with Gasteiger partial charge in [0.05, 0.1) is 5.75 Å². The van der Waals surface area contributed by atoms with Crippen molar-refractivity contribution in [2.24, 2.45) is 0 Å². The van der Waals surface area contributed by atoms with Crippen LogP contribution in [0.1, 0.15) is 11.3 Å². The van der Waals surface area contributed by atoms with Crippen LogP contribution in [0.5, 0.6) is 0 Å². The zero-order chi connectivity index (χ0) is 14.7. The monoisotopic (exact) mass is 296 g/mol. The number of rotatable bonds is 4. The van der Waals surface area contributed by atoms with Crippen molar-refractivity contribution in [2.45, 2.75) is 17.6 Å². The Morgan fingerprint density at radius 2 is 1.90 bits per heavy atom. The summed E-state index contributed by atoms with van der Waals surface area (Å²) in [7, 11) is 0. The Kier molecular flexibility index (Phi) is 3.97. The molecule has 0 spiro atoms. The van der Waals surface area contributed by atoms with E-state index in [1.165, 1.54) is 10.5 Å². The van der Waals surface area contributed by atoms with Gasteiger partial charge in [0, 0.05) is 22.2 Å². The van der Waals surface area contributed by atoms with Crippen LogP contribution in [0.25, 0.3) is 11.3 Å². The average molecular weight is 296 g/mol. The fourth-order valence-electron chi connectivity index (χ4n) is 2.11. The lowest BCUT2D eigenvalue weighted by Gasteiger charge is -2.04. The molecular formula is C17H16N2OS. The molecule has 0 saturated heterocycles. The van der Waals surface area contributed by atoms with Crippen LogP contribution < -0.4 is 5.73 Å². The van der Waals surface area contributed by atoms with Gasteiger partial charge in [-0.25, -0.2) is 0 Å². The third kappa shape index (κ3) is 3.28. The van der Waals surface area contributed by atoms with Crippen LogP contribution in [0.2, 0.25) is 0 Å². The van der Waals surface area contributed by atoms with E-state index in [0.29, 0.717) is 0 Å². The molecule has 3 nitrogen and oxygen atoms in total.